The van der Waals surface area contributed by atoms with Crippen molar-refractivity contribution in [2.45, 2.75) is 65.8 Å². The molecule has 1 saturated carbocycles. The minimum atomic E-state index is 0.702. The lowest BCUT2D eigenvalue weighted by molar-refractivity contribution is 0.699. The average molecular weight is 276 g/mol. The third kappa shape index (κ3) is 3.62. The normalized spacial score (nSPS) is 14.4. The molecule has 4 heteroatoms. The van der Waals surface area contributed by atoms with Gasteiger partial charge in [-0.15, -0.1) is 0 Å². The Balaban J connectivity index is 2.25. The second-order valence-corrected chi connectivity index (χ2v) is 5.77. The van der Waals surface area contributed by atoms with Crippen LogP contribution < -0.4 is 10.2 Å². The van der Waals surface area contributed by atoms with E-state index in [2.05, 4.69) is 36.0 Å². The number of hydrogen-bond acceptors (Lipinski definition) is 4. The lowest BCUT2D eigenvalue weighted by Crippen LogP contribution is -2.29. The van der Waals surface area contributed by atoms with Crippen LogP contribution in [0.2, 0.25) is 0 Å². The molecule has 1 aliphatic carbocycles. The molecule has 0 aromatic carbocycles. The minimum absolute atomic E-state index is 0.702. The van der Waals surface area contributed by atoms with Crippen molar-refractivity contribution in [3.8, 4) is 0 Å². The highest BCUT2D eigenvalue weighted by Gasteiger charge is 2.31. The smallest absolute Gasteiger partial charge is 0.137 e. The van der Waals surface area contributed by atoms with E-state index in [0.29, 0.717) is 6.04 Å². The zero-order chi connectivity index (χ0) is 14.5. The summed E-state index contributed by atoms with van der Waals surface area (Å²) in [5, 5.41) is 3.44. The van der Waals surface area contributed by atoms with Crippen LogP contribution in [0.1, 0.15) is 57.3 Å². The van der Waals surface area contributed by atoms with E-state index >= 15 is 0 Å². The molecule has 0 saturated heterocycles. The first-order valence-corrected chi connectivity index (χ1v) is 8.03. The number of aryl methyl sites for hydroxylation is 1. The van der Waals surface area contributed by atoms with Gasteiger partial charge in [-0.25, -0.2) is 9.97 Å². The van der Waals surface area contributed by atoms with Crippen LogP contribution in [0.5, 0.6) is 0 Å². The van der Waals surface area contributed by atoms with E-state index in [9.17, 15) is 0 Å². The van der Waals surface area contributed by atoms with Crippen molar-refractivity contribution in [3.05, 3.63) is 11.4 Å². The first-order chi connectivity index (χ1) is 9.67. The quantitative estimate of drug-likeness (QED) is 0.786. The SMILES string of the molecule is CCCCN(c1nc(C)nc(NCCC)c1C)C1CC1. The monoisotopic (exact) mass is 276 g/mol. The zero-order valence-corrected chi connectivity index (χ0v) is 13.4. The highest BCUT2D eigenvalue weighted by Crippen LogP contribution is 2.34. The van der Waals surface area contributed by atoms with Crippen molar-refractivity contribution >= 4 is 11.6 Å². The summed E-state index contributed by atoms with van der Waals surface area (Å²) in [6, 6.07) is 0.702. The van der Waals surface area contributed by atoms with Gasteiger partial charge in [-0.2, -0.15) is 0 Å². The standard InChI is InChI=1S/C16H28N4/c1-5-7-11-20(14-8-9-14)16-12(3)15(17-10-6-2)18-13(4)19-16/h14H,5-11H2,1-4H3,(H,17,18,19). The molecule has 0 spiro atoms. The highest BCUT2D eigenvalue weighted by atomic mass is 15.2. The first kappa shape index (κ1) is 15.1. The van der Waals surface area contributed by atoms with Crippen molar-refractivity contribution in [1.82, 2.24) is 9.97 Å². The molecule has 1 heterocycles. The maximum absolute atomic E-state index is 4.73. The molecule has 1 aromatic rings. The van der Waals surface area contributed by atoms with Gasteiger partial charge in [-0.05, 0) is 39.5 Å². The lowest BCUT2D eigenvalue weighted by Gasteiger charge is -2.26. The Morgan fingerprint density at radius 1 is 1.15 bits per heavy atom. The van der Waals surface area contributed by atoms with Crippen molar-refractivity contribution < 1.29 is 0 Å². The van der Waals surface area contributed by atoms with E-state index in [0.717, 1.165) is 37.0 Å². The molecule has 0 atom stereocenters. The zero-order valence-electron chi connectivity index (χ0n) is 13.4. The van der Waals surface area contributed by atoms with Crippen LogP contribution in [0.15, 0.2) is 0 Å². The molecule has 0 radical (unpaired) electrons. The molecular weight excluding hydrogens is 248 g/mol. The number of hydrogen-bond donors (Lipinski definition) is 1. The van der Waals surface area contributed by atoms with Crippen molar-refractivity contribution in [2.24, 2.45) is 0 Å². The molecule has 20 heavy (non-hydrogen) atoms. The van der Waals surface area contributed by atoms with E-state index in [-0.39, 0.29) is 0 Å². The fraction of sp³-hybridized carbons (Fsp3) is 0.750. The number of nitrogens with zero attached hydrogens (tertiary/aromatic N) is 3. The van der Waals surface area contributed by atoms with E-state index in [1.54, 1.807) is 0 Å². The summed E-state index contributed by atoms with van der Waals surface area (Å²) in [5.74, 6) is 3.02. The van der Waals surface area contributed by atoms with Crippen molar-refractivity contribution in [2.75, 3.05) is 23.3 Å². The number of rotatable bonds is 8. The summed E-state index contributed by atoms with van der Waals surface area (Å²) in [4.78, 5) is 11.8. The fourth-order valence-electron chi connectivity index (χ4n) is 2.48. The van der Waals surface area contributed by atoms with Crippen LogP contribution in [-0.4, -0.2) is 29.1 Å². The second-order valence-electron chi connectivity index (χ2n) is 5.77. The largest absolute Gasteiger partial charge is 0.370 e. The van der Waals surface area contributed by atoms with Crippen LogP contribution in [0, 0.1) is 13.8 Å². The van der Waals surface area contributed by atoms with Crippen LogP contribution >= 0.6 is 0 Å². The van der Waals surface area contributed by atoms with Gasteiger partial charge in [0.1, 0.15) is 17.5 Å². The van der Waals surface area contributed by atoms with Gasteiger partial charge in [0.15, 0.2) is 0 Å². The van der Waals surface area contributed by atoms with Crippen LogP contribution in [0.4, 0.5) is 11.6 Å². The molecule has 0 bridgehead atoms. The Labute approximate surface area is 123 Å². The molecule has 1 N–H and O–H groups in total. The van der Waals surface area contributed by atoms with Gasteiger partial charge in [0.25, 0.3) is 0 Å². The van der Waals surface area contributed by atoms with Gasteiger partial charge in [-0.1, -0.05) is 20.3 Å². The van der Waals surface area contributed by atoms with E-state index in [4.69, 9.17) is 4.98 Å². The lowest BCUT2D eigenvalue weighted by atomic mass is 10.2. The summed E-state index contributed by atoms with van der Waals surface area (Å²) in [7, 11) is 0. The van der Waals surface area contributed by atoms with E-state index in [1.165, 1.54) is 31.2 Å². The van der Waals surface area contributed by atoms with Gasteiger partial charge >= 0.3 is 0 Å². The number of anilines is 2. The molecule has 1 fully saturated rings. The third-order valence-electron chi connectivity index (χ3n) is 3.79. The van der Waals surface area contributed by atoms with Crippen LogP contribution in [0.25, 0.3) is 0 Å². The summed E-state index contributed by atoms with van der Waals surface area (Å²) in [6.45, 7) is 10.6. The molecule has 1 aliphatic rings. The van der Waals surface area contributed by atoms with E-state index in [1.807, 2.05) is 6.92 Å². The van der Waals surface area contributed by atoms with Crippen LogP contribution in [0.3, 0.4) is 0 Å². The fourth-order valence-corrected chi connectivity index (χ4v) is 2.48. The Kier molecular flexibility index (Phi) is 5.21. The second kappa shape index (κ2) is 6.91. The predicted octanol–water partition coefficient (Wildman–Crippen LogP) is 3.68. The predicted molar refractivity (Wildman–Crippen MR) is 85.6 cm³/mol. The summed E-state index contributed by atoms with van der Waals surface area (Å²) in [5.41, 5.74) is 1.20. The van der Waals surface area contributed by atoms with Gasteiger partial charge in [0.2, 0.25) is 0 Å². The number of aromatic nitrogens is 2. The van der Waals surface area contributed by atoms with Crippen molar-refractivity contribution in [1.29, 1.82) is 0 Å². The minimum Gasteiger partial charge on any atom is -0.370 e. The highest BCUT2D eigenvalue weighted by molar-refractivity contribution is 5.59. The maximum Gasteiger partial charge on any atom is 0.137 e. The average Bonchev–Trinajstić information content (AvgIpc) is 3.25. The summed E-state index contributed by atoms with van der Waals surface area (Å²) >= 11 is 0. The molecule has 2 rings (SSSR count). The molecule has 112 valence electrons. The Bertz CT molecular complexity index is 440. The molecule has 1 aromatic heterocycles. The van der Waals surface area contributed by atoms with Crippen LogP contribution in [-0.2, 0) is 0 Å². The Morgan fingerprint density at radius 3 is 2.50 bits per heavy atom. The molecule has 0 aliphatic heterocycles. The maximum atomic E-state index is 4.73. The summed E-state index contributed by atoms with van der Waals surface area (Å²) in [6.07, 6.45) is 6.19. The van der Waals surface area contributed by atoms with Gasteiger partial charge in [0, 0.05) is 24.7 Å². The topological polar surface area (TPSA) is 41.1 Å². The Hall–Kier alpha value is -1.32. The number of nitrogens with one attached hydrogen (secondary N) is 1. The molecule has 0 amide bonds. The van der Waals surface area contributed by atoms with Crippen molar-refractivity contribution in [3.63, 3.8) is 0 Å². The molecule has 4 nitrogen and oxygen atoms in total. The van der Waals surface area contributed by atoms with Gasteiger partial charge in [-0.3, -0.25) is 0 Å². The number of unbranched alkanes of at least 4 members (excludes halogenated alkanes) is 1. The van der Waals surface area contributed by atoms with Gasteiger partial charge < -0.3 is 10.2 Å². The molecule has 0 unspecified atom stereocenters. The van der Waals surface area contributed by atoms with Gasteiger partial charge in [0.05, 0.1) is 0 Å². The summed E-state index contributed by atoms with van der Waals surface area (Å²) < 4.78 is 0. The van der Waals surface area contributed by atoms with E-state index < -0.39 is 0 Å². The molecular formula is C16H28N4. The third-order valence-corrected chi connectivity index (χ3v) is 3.79. The Morgan fingerprint density at radius 2 is 1.90 bits per heavy atom. The first-order valence-electron chi connectivity index (χ1n) is 8.03.